The van der Waals surface area contributed by atoms with Crippen LogP contribution in [0.4, 0.5) is 16.2 Å². The lowest BCUT2D eigenvalue weighted by Crippen LogP contribution is -2.28. The molecule has 0 aliphatic rings. The highest BCUT2D eigenvalue weighted by molar-refractivity contribution is 6.31. The number of carbonyl (C=O) groups excluding carboxylic acids is 1. The minimum atomic E-state index is -0.216. The molecule has 1 aromatic heterocycles. The number of carbonyl (C=O) groups is 1. The Balaban J connectivity index is 2.01. The summed E-state index contributed by atoms with van der Waals surface area (Å²) in [5.74, 6) is 0. The van der Waals surface area contributed by atoms with Gasteiger partial charge in [0.1, 0.15) is 0 Å². The topological polar surface area (TPSA) is 72.1 Å². The Morgan fingerprint density at radius 1 is 1.16 bits per heavy atom. The summed E-state index contributed by atoms with van der Waals surface area (Å²) in [4.78, 5) is 11.6. The number of rotatable bonds is 4. The van der Waals surface area contributed by atoms with Crippen LogP contribution in [0.3, 0.4) is 0 Å². The van der Waals surface area contributed by atoms with Crippen molar-refractivity contribution in [3.63, 3.8) is 0 Å². The van der Waals surface area contributed by atoms with Crippen LogP contribution in [0.15, 0.2) is 42.5 Å². The van der Waals surface area contributed by atoms with E-state index in [0.29, 0.717) is 17.3 Å². The molecule has 0 saturated carbocycles. The van der Waals surface area contributed by atoms with Crippen molar-refractivity contribution < 1.29 is 4.79 Å². The lowest BCUT2D eigenvalue weighted by molar-refractivity contribution is 0.252. The minimum Gasteiger partial charge on any atom is -0.396 e. The molecule has 0 saturated heterocycles. The van der Waals surface area contributed by atoms with Crippen molar-refractivity contribution in [2.45, 2.75) is 20.4 Å². The third-order valence-corrected chi connectivity index (χ3v) is 4.37. The molecule has 2 amide bonds. The molecule has 130 valence electrons. The van der Waals surface area contributed by atoms with Crippen molar-refractivity contribution in [1.29, 1.82) is 0 Å². The summed E-state index contributed by atoms with van der Waals surface area (Å²) in [6, 6.07) is 13.2. The summed E-state index contributed by atoms with van der Waals surface area (Å²) >= 11 is 6.13. The third-order valence-electron chi connectivity index (χ3n) is 4.13. The van der Waals surface area contributed by atoms with Crippen molar-refractivity contribution >= 4 is 39.9 Å². The molecular weight excluding hydrogens is 336 g/mol. The number of aromatic nitrogens is 1. The van der Waals surface area contributed by atoms with Gasteiger partial charge in [0.25, 0.3) is 0 Å². The molecule has 0 fully saturated rings. The summed E-state index contributed by atoms with van der Waals surface area (Å²) in [6.45, 7) is 5.34. The Kier molecular flexibility index (Phi) is 4.86. The number of aryl methyl sites for hydroxylation is 1. The first-order valence-electron chi connectivity index (χ1n) is 8.27. The van der Waals surface area contributed by atoms with Crippen molar-refractivity contribution in [3.8, 4) is 11.3 Å². The predicted octanol–water partition coefficient (Wildman–Crippen LogP) is 4.71. The van der Waals surface area contributed by atoms with Crippen LogP contribution in [0.5, 0.6) is 0 Å². The lowest BCUT2D eigenvalue weighted by atomic mass is 10.1. The molecule has 1 heterocycles. The smallest absolute Gasteiger partial charge is 0.319 e. The number of amides is 2. The van der Waals surface area contributed by atoms with Gasteiger partial charge in [-0.05, 0) is 44.2 Å². The molecule has 3 aromatic rings. The molecule has 0 aliphatic carbocycles. The molecule has 6 heteroatoms. The van der Waals surface area contributed by atoms with Crippen LogP contribution in [-0.4, -0.2) is 17.1 Å². The zero-order chi connectivity index (χ0) is 18.0. The number of nitrogen functional groups attached to an aromatic ring is 1. The molecule has 0 spiro atoms. The Labute approximate surface area is 151 Å². The molecular formula is C19H21ClN4O. The first-order valence-corrected chi connectivity index (χ1v) is 8.65. The van der Waals surface area contributed by atoms with Crippen molar-refractivity contribution in [3.05, 3.63) is 47.5 Å². The molecule has 2 aromatic carbocycles. The number of nitrogens with two attached hydrogens (primary N) is 1. The Bertz CT molecular complexity index is 915. The fraction of sp³-hybridized carbons (Fsp3) is 0.211. The molecule has 25 heavy (non-hydrogen) atoms. The van der Waals surface area contributed by atoms with E-state index in [-0.39, 0.29) is 6.03 Å². The maximum absolute atomic E-state index is 11.6. The van der Waals surface area contributed by atoms with Gasteiger partial charge in [0, 0.05) is 34.7 Å². The number of urea groups is 1. The van der Waals surface area contributed by atoms with Gasteiger partial charge in [-0.2, -0.15) is 0 Å². The van der Waals surface area contributed by atoms with Gasteiger partial charge < -0.3 is 20.9 Å². The SMILES string of the molecule is CCNC(=O)Nc1ccc(-c2c(N)c3cc(Cl)ccc3n2CC)cc1. The average Bonchev–Trinajstić information content (AvgIpc) is 2.87. The fourth-order valence-electron chi connectivity index (χ4n) is 3.04. The van der Waals surface area contributed by atoms with Gasteiger partial charge >= 0.3 is 6.03 Å². The van der Waals surface area contributed by atoms with E-state index in [1.54, 1.807) is 0 Å². The van der Waals surface area contributed by atoms with Crippen molar-refractivity contribution in [1.82, 2.24) is 9.88 Å². The number of nitrogens with one attached hydrogen (secondary N) is 2. The monoisotopic (exact) mass is 356 g/mol. The molecule has 0 aliphatic heterocycles. The van der Waals surface area contributed by atoms with Crippen LogP contribution in [0.25, 0.3) is 22.2 Å². The highest BCUT2D eigenvalue weighted by atomic mass is 35.5. The van der Waals surface area contributed by atoms with Gasteiger partial charge in [0.15, 0.2) is 0 Å². The number of hydrogen-bond acceptors (Lipinski definition) is 2. The van der Waals surface area contributed by atoms with Crippen LogP contribution < -0.4 is 16.4 Å². The van der Waals surface area contributed by atoms with Crippen molar-refractivity contribution in [2.75, 3.05) is 17.6 Å². The first kappa shape index (κ1) is 17.2. The quantitative estimate of drug-likeness (QED) is 0.633. The minimum absolute atomic E-state index is 0.216. The highest BCUT2D eigenvalue weighted by Crippen LogP contribution is 2.37. The van der Waals surface area contributed by atoms with E-state index in [0.717, 1.165) is 34.4 Å². The van der Waals surface area contributed by atoms with E-state index < -0.39 is 0 Å². The zero-order valence-electron chi connectivity index (χ0n) is 14.3. The van der Waals surface area contributed by atoms with E-state index in [4.69, 9.17) is 17.3 Å². The van der Waals surface area contributed by atoms with Crippen LogP contribution in [-0.2, 0) is 6.54 Å². The van der Waals surface area contributed by atoms with Crippen LogP contribution in [0.2, 0.25) is 5.02 Å². The van der Waals surface area contributed by atoms with E-state index in [9.17, 15) is 4.79 Å². The van der Waals surface area contributed by atoms with Crippen LogP contribution in [0.1, 0.15) is 13.8 Å². The third kappa shape index (κ3) is 3.28. The van der Waals surface area contributed by atoms with Gasteiger partial charge in [0.05, 0.1) is 16.9 Å². The Morgan fingerprint density at radius 3 is 2.52 bits per heavy atom. The Morgan fingerprint density at radius 2 is 1.88 bits per heavy atom. The van der Waals surface area contributed by atoms with Gasteiger partial charge in [-0.15, -0.1) is 0 Å². The Hall–Kier alpha value is -2.66. The van der Waals surface area contributed by atoms with Crippen molar-refractivity contribution in [2.24, 2.45) is 0 Å². The summed E-state index contributed by atoms with van der Waals surface area (Å²) in [5.41, 5.74) is 10.9. The summed E-state index contributed by atoms with van der Waals surface area (Å²) in [5, 5.41) is 7.12. The molecule has 3 rings (SSSR count). The number of hydrogen-bond donors (Lipinski definition) is 3. The van der Waals surface area contributed by atoms with Gasteiger partial charge in [0.2, 0.25) is 0 Å². The summed E-state index contributed by atoms with van der Waals surface area (Å²) in [6.07, 6.45) is 0. The number of benzene rings is 2. The second-order valence-corrected chi connectivity index (χ2v) is 6.17. The molecule has 5 nitrogen and oxygen atoms in total. The standard InChI is InChI=1S/C19H21ClN4O/c1-3-22-19(25)23-14-8-5-12(6-9-14)18-17(21)15-11-13(20)7-10-16(15)24(18)4-2/h5-11H,3-4,21H2,1-2H3,(H2,22,23,25). The first-order chi connectivity index (χ1) is 12.0. The largest absolute Gasteiger partial charge is 0.396 e. The number of anilines is 2. The van der Waals surface area contributed by atoms with E-state index in [1.807, 2.05) is 49.4 Å². The maximum Gasteiger partial charge on any atom is 0.319 e. The lowest BCUT2D eigenvalue weighted by Gasteiger charge is -2.10. The molecule has 0 radical (unpaired) electrons. The predicted molar refractivity (Wildman–Crippen MR) is 105 cm³/mol. The molecule has 4 N–H and O–H groups in total. The fourth-order valence-corrected chi connectivity index (χ4v) is 3.21. The van der Waals surface area contributed by atoms with E-state index >= 15 is 0 Å². The second kappa shape index (κ2) is 7.07. The second-order valence-electron chi connectivity index (χ2n) is 5.73. The van der Waals surface area contributed by atoms with Gasteiger partial charge in [-0.3, -0.25) is 0 Å². The van der Waals surface area contributed by atoms with Crippen LogP contribution >= 0.6 is 11.6 Å². The normalized spacial score (nSPS) is 10.8. The summed E-state index contributed by atoms with van der Waals surface area (Å²) < 4.78 is 2.17. The molecule has 0 unspecified atom stereocenters. The number of fused-ring (bicyclic) bond motifs is 1. The summed E-state index contributed by atoms with van der Waals surface area (Å²) in [7, 11) is 0. The number of nitrogens with zero attached hydrogens (tertiary/aromatic N) is 1. The average molecular weight is 357 g/mol. The number of halogens is 1. The van der Waals surface area contributed by atoms with Gasteiger partial charge in [-0.1, -0.05) is 23.7 Å². The maximum atomic E-state index is 11.6. The highest BCUT2D eigenvalue weighted by Gasteiger charge is 2.16. The molecule has 0 bridgehead atoms. The molecule has 0 atom stereocenters. The zero-order valence-corrected chi connectivity index (χ0v) is 15.0. The van der Waals surface area contributed by atoms with Crippen LogP contribution in [0, 0.1) is 0 Å². The van der Waals surface area contributed by atoms with E-state index in [2.05, 4.69) is 22.1 Å². The van der Waals surface area contributed by atoms with Gasteiger partial charge in [-0.25, -0.2) is 4.79 Å². The van der Waals surface area contributed by atoms with E-state index in [1.165, 1.54) is 0 Å².